The molecule has 0 bridgehead atoms. The van der Waals surface area contributed by atoms with E-state index in [2.05, 4.69) is 27.4 Å². The van der Waals surface area contributed by atoms with Gasteiger partial charge in [0.25, 0.3) is 0 Å². The highest BCUT2D eigenvalue weighted by Gasteiger charge is 2.34. The van der Waals surface area contributed by atoms with E-state index < -0.39 is 0 Å². The Morgan fingerprint density at radius 1 is 1.32 bits per heavy atom. The van der Waals surface area contributed by atoms with Crippen LogP contribution in [0.2, 0.25) is 10.0 Å². The van der Waals surface area contributed by atoms with Gasteiger partial charge in [-0.2, -0.15) is 0 Å². The Bertz CT molecular complexity index is 607. The van der Waals surface area contributed by atoms with Crippen molar-refractivity contribution in [1.29, 1.82) is 0 Å². The summed E-state index contributed by atoms with van der Waals surface area (Å²) in [6.45, 7) is 5.50. The zero-order valence-electron chi connectivity index (χ0n) is 14.8. The van der Waals surface area contributed by atoms with Gasteiger partial charge < -0.3 is 15.5 Å². The van der Waals surface area contributed by atoms with E-state index in [0.717, 1.165) is 24.1 Å². The Morgan fingerprint density at radius 3 is 2.72 bits per heavy atom. The Labute approximate surface area is 177 Å². The van der Waals surface area contributed by atoms with Crippen LogP contribution in [0, 0.1) is 5.92 Å². The predicted octanol–water partition coefficient (Wildman–Crippen LogP) is 4.32. The molecular weight excluding hydrogens is 470 g/mol. The summed E-state index contributed by atoms with van der Waals surface area (Å²) in [5.74, 6) is 1.52. The van der Waals surface area contributed by atoms with Crippen molar-refractivity contribution in [2.75, 3.05) is 26.7 Å². The molecule has 1 aromatic carbocycles. The van der Waals surface area contributed by atoms with Crippen molar-refractivity contribution in [3.8, 4) is 0 Å². The number of likely N-dealkylation sites (tertiary alicyclic amines) is 1. The zero-order valence-corrected chi connectivity index (χ0v) is 18.6. The monoisotopic (exact) mass is 496 g/mol. The van der Waals surface area contributed by atoms with Gasteiger partial charge in [0.05, 0.1) is 6.04 Å². The number of halogens is 3. The third-order valence-electron chi connectivity index (χ3n) is 4.94. The molecular formula is C18H27Cl2IN4. The van der Waals surface area contributed by atoms with Crippen LogP contribution in [-0.2, 0) is 0 Å². The standard InChI is InChI=1S/C18H26Cl2N4.HI/c1-12(16-6-3-14(19)9-17(16)20)23-18(21-2)22-10-13-7-8-24(11-13)15-4-5-15;/h3,6,9,12-13,15H,4-5,7-8,10-11H2,1-2H3,(H2,21,22,23);1H. The molecule has 1 saturated heterocycles. The second-order valence-corrected chi connectivity index (χ2v) is 7.71. The second kappa shape index (κ2) is 9.62. The number of benzene rings is 1. The molecule has 0 aromatic heterocycles. The van der Waals surface area contributed by atoms with E-state index in [9.17, 15) is 0 Å². The fourth-order valence-corrected chi connectivity index (χ4v) is 3.94. The van der Waals surface area contributed by atoms with Crippen molar-refractivity contribution in [1.82, 2.24) is 15.5 Å². The van der Waals surface area contributed by atoms with Crippen molar-refractivity contribution in [3.63, 3.8) is 0 Å². The van der Waals surface area contributed by atoms with E-state index in [0.29, 0.717) is 16.0 Å². The van der Waals surface area contributed by atoms with Crippen LogP contribution in [0.15, 0.2) is 23.2 Å². The van der Waals surface area contributed by atoms with Crippen LogP contribution in [-0.4, -0.2) is 43.6 Å². The Balaban J connectivity index is 0.00000225. The summed E-state index contributed by atoms with van der Waals surface area (Å²) in [7, 11) is 1.80. The van der Waals surface area contributed by atoms with Gasteiger partial charge in [0.15, 0.2) is 5.96 Å². The molecule has 2 unspecified atom stereocenters. The van der Waals surface area contributed by atoms with Crippen LogP contribution < -0.4 is 10.6 Å². The lowest BCUT2D eigenvalue weighted by atomic mass is 10.1. The number of rotatable bonds is 5. The molecule has 1 aliphatic heterocycles. The summed E-state index contributed by atoms with van der Waals surface area (Å²) in [6.07, 6.45) is 4.06. The van der Waals surface area contributed by atoms with Gasteiger partial charge in [-0.3, -0.25) is 4.99 Å². The van der Waals surface area contributed by atoms with Crippen molar-refractivity contribution in [2.24, 2.45) is 10.9 Å². The van der Waals surface area contributed by atoms with Gasteiger partial charge in [0.2, 0.25) is 0 Å². The molecule has 2 N–H and O–H groups in total. The van der Waals surface area contributed by atoms with Gasteiger partial charge in [-0.25, -0.2) is 0 Å². The lowest BCUT2D eigenvalue weighted by molar-refractivity contribution is 0.314. The summed E-state index contributed by atoms with van der Waals surface area (Å²) in [5.41, 5.74) is 1.02. The molecule has 3 rings (SSSR count). The minimum atomic E-state index is 0. The SMILES string of the molecule is CN=C(NCC1CCN(C2CC2)C1)NC(C)c1ccc(Cl)cc1Cl.I. The maximum Gasteiger partial charge on any atom is 0.191 e. The van der Waals surface area contributed by atoms with Crippen LogP contribution >= 0.6 is 47.2 Å². The third kappa shape index (κ3) is 5.88. The fourth-order valence-electron chi connectivity index (χ4n) is 3.37. The quantitative estimate of drug-likeness (QED) is 0.362. The number of hydrogen-bond donors (Lipinski definition) is 2. The maximum absolute atomic E-state index is 6.29. The Hall–Kier alpha value is -0.240. The number of nitrogens with zero attached hydrogens (tertiary/aromatic N) is 2. The lowest BCUT2D eigenvalue weighted by Crippen LogP contribution is -2.41. The minimum Gasteiger partial charge on any atom is -0.356 e. The van der Waals surface area contributed by atoms with Crippen molar-refractivity contribution >= 4 is 53.1 Å². The summed E-state index contributed by atoms with van der Waals surface area (Å²) >= 11 is 12.3. The van der Waals surface area contributed by atoms with Gasteiger partial charge in [-0.05, 0) is 56.3 Å². The Morgan fingerprint density at radius 2 is 2.08 bits per heavy atom. The van der Waals surface area contributed by atoms with E-state index in [-0.39, 0.29) is 30.0 Å². The average Bonchev–Trinajstić information content (AvgIpc) is 3.30. The van der Waals surface area contributed by atoms with Gasteiger partial charge in [0, 0.05) is 36.2 Å². The van der Waals surface area contributed by atoms with Crippen molar-refractivity contribution in [3.05, 3.63) is 33.8 Å². The zero-order chi connectivity index (χ0) is 17.1. The van der Waals surface area contributed by atoms with Crippen LogP contribution in [0.25, 0.3) is 0 Å². The molecule has 2 fully saturated rings. The van der Waals surface area contributed by atoms with E-state index in [4.69, 9.17) is 23.2 Å². The summed E-state index contributed by atoms with van der Waals surface area (Å²) < 4.78 is 0. The van der Waals surface area contributed by atoms with Crippen LogP contribution in [0.5, 0.6) is 0 Å². The number of aliphatic imine (C=N–C) groups is 1. The largest absolute Gasteiger partial charge is 0.356 e. The Kier molecular flexibility index (Phi) is 8.11. The summed E-state index contributed by atoms with van der Waals surface area (Å²) in [6, 6.07) is 6.53. The third-order valence-corrected chi connectivity index (χ3v) is 5.51. The minimum absolute atomic E-state index is 0. The molecule has 4 nitrogen and oxygen atoms in total. The molecule has 1 heterocycles. The van der Waals surface area contributed by atoms with Crippen molar-refractivity contribution < 1.29 is 0 Å². The summed E-state index contributed by atoms with van der Waals surface area (Å²) in [4.78, 5) is 6.98. The smallest absolute Gasteiger partial charge is 0.191 e. The van der Waals surface area contributed by atoms with Crippen LogP contribution in [0.4, 0.5) is 0 Å². The second-order valence-electron chi connectivity index (χ2n) is 6.87. The molecule has 2 atom stereocenters. The van der Waals surface area contributed by atoms with Crippen LogP contribution in [0.3, 0.4) is 0 Å². The average molecular weight is 497 g/mol. The van der Waals surface area contributed by atoms with E-state index in [1.54, 1.807) is 13.1 Å². The predicted molar refractivity (Wildman–Crippen MR) is 117 cm³/mol. The molecule has 7 heteroatoms. The van der Waals surface area contributed by atoms with Gasteiger partial charge in [0.1, 0.15) is 0 Å². The molecule has 1 saturated carbocycles. The first-order valence-electron chi connectivity index (χ1n) is 8.73. The fraction of sp³-hybridized carbons (Fsp3) is 0.611. The normalized spacial score (nSPS) is 22.4. The molecule has 140 valence electrons. The van der Waals surface area contributed by atoms with E-state index in [1.807, 2.05) is 12.1 Å². The van der Waals surface area contributed by atoms with E-state index in [1.165, 1.54) is 32.4 Å². The van der Waals surface area contributed by atoms with Gasteiger partial charge in [-0.1, -0.05) is 29.3 Å². The van der Waals surface area contributed by atoms with Crippen molar-refractivity contribution in [2.45, 2.75) is 38.3 Å². The molecule has 0 amide bonds. The van der Waals surface area contributed by atoms with Gasteiger partial charge >= 0.3 is 0 Å². The topological polar surface area (TPSA) is 39.7 Å². The summed E-state index contributed by atoms with van der Waals surface area (Å²) in [5, 5.41) is 8.20. The molecule has 1 aromatic rings. The molecule has 2 aliphatic rings. The number of nitrogens with one attached hydrogen (secondary N) is 2. The molecule has 1 aliphatic carbocycles. The van der Waals surface area contributed by atoms with Gasteiger partial charge in [-0.15, -0.1) is 24.0 Å². The highest BCUT2D eigenvalue weighted by atomic mass is 127. The highest BCUT2D eigenvalue weighted by molar-refractivity contribution is 14.0. The van der Waals surface area contributed by atoms with E-state index >= 15 is 0 Å². The lowest BCUT2D eigenvalue weighted by Gasteiger charge is -2.21. The first-order chi connectivity index (χ1) is 11.6. The molecule has 25 heavy (non-hydrogen) atoms. The first-order valence-corrected chi connectivity index (χ1v) is 9.48. The molecule has 0 radical (unpaired) electrons. The number of hydrogen-bond acceptors (Lipinski definition) is 2. The van der Waals surface area contributed by atoms with Crippen LogP contribution in [0.1, 0.15) is 37.8 Å². The number of guanidine groups is 1. The molecule has 0 spiro atoms. The first kappa shape index (κ1) is 21.1. The maximum atomic E-state index is 6.29. The highest BCUT2D eigenvalue weighted by Crippen LogP contribution is 2.31.